The summed E-state index contributed by atoms with van der Waals surface area (Å²) in [6, 6.07) is 11.5. The first-order valence-electron chi connectivity index (χ1n) is 7.00. The van der Waals surface area contributed by atoms with Crippen molar-refractivity contribution in [3.63, 3.8) is 0 Å². The summed E-state index contributed by atoms with van der Waals surface area (Å²) in [6.07, 6.45) is 0.797. The van der Waals surface area contributed by atoms with Crippen LogP contribution in [-0.2, 0) is 17.6 Å². The van der Waals surface area contributed by atoms with Crippen molar-refractivity contribution < 1.29 is 13.9 Å². The zero-order chi connectivity index (χ0) is 16.1. The van der Waals surface area contributed by atoms with Crippen LogP contribution in [0.2, 0.25) is 0 Å². The number of hydrogen-bond donors (Lipinski definition) is 1. The van der Waals surface area contributed by atoms with E-state index >= 15 is 0 Å². The highest BCUT2D eigenvalue weighted by atomic mass is 32.1. The van der Waals surface area contributed by atoms with Crippen LogP contribution in [0.5, 0.6) is 5.75 Å². The number of rotatable bonds is 6. The van der Waals surface area contributed by atoms with E-state index < -0.39 is 0 Å². The van der Waals surface area contributed by atoms with E-state index in [0.717, 1.165) is 16.2 Å². The Bertz CT molecular complexity index is 766. The molecule has 2 heterocycles. The lowest BCUT2D eigenvalue weighted by molar-refractivity contribution is -0.115. The van der Waals surface area contributed by atoms with Gasteiger partial charge >= 0.3 is 6.01 Å². The molecule has 7 heteroatoms. The number of benzene rings is 1. The molecule has 1 N–H and O–H groups in total. The number of methoxy groups -OCH3 is 1. The molecule has 23 heavy (non-hydrogen) atoms. The summed E-state index contributed by atoms with van der Waals surface area (Å²) in [5, 5.41) is 12.3. The van der Waals surface area contributed by atoms with Crippen molar-refractivity contribution in [2.45, 2.75) is 12.8 Å². The molecule has 3 aromatic rings. The van der Waals surface area contributed by atoms with E-state index in [-0.39, 0.29) is 11.9 Å². The van der Waals surface area contributed by atoms with Crippen molar-refractivity contribution in [2.24, 2.45) is 0 Å². The topological polar surface area (TPSA) is 77.3 Å². The lowest BCUT2D eigenvalue weighted by Crippen LogP contribution is -2.13. The van der Waals surface area contributed by atoms with E-state index in [1.54, 1.807) is 7.11 Å². The Morgan fingerprint density at radius 1 is 1.26 bits per heavy atom. The molecule has 0 bridgehead atoms. The number of hydrogen-bond acceptors (Lipinski definition) is 6. The van der Waals surface area contributed by atoms with Crippen LogP contribution in [0.3, 0.4) is 0 Å². The molecule has 0 radical (unpaired) electrons. The fourth-order valence-electron chi connectivity index (χ4n) is 2.03. The van der Waals surface area contributed by atoms with Crippen molar-refractivity contribution in [1.82, 2.24) is 10.2 Å². The quantitative estimate of drug-likeness (QED) is 0.752. The predicted octanol–water partition coefficient (Wildman–Crippen LogP) is 2.91. The van der Waals surface area contributed by atoms with Gasteiger partial charge in [-0.05, 0) is 29.1 Å². The monoisotopic (exact) mass is 329 g/mol. The summed E-state index contributed by atoms with van der Waals surface area (Å²) in [6.45, 7) is 0. The van der Waals surface area contributed by atoms with E-state index in [4.69, 9.17) is 9.15 Å². The molecule has 0 saturated heterocycles. The Balaban J connectivity index is 1.57. The van der Waals surface area contributed by atoms with Crippen molar-refractivity contribution in [1.29, 1.82) is 0 Å². The van der Waals surface area contributed by atoms with Crippen LogP contribution >= 0.6 is 11.3 Å². The maximum absolute atomic E-state index is 11.9. The van der Waals surface area contributed by atoms with Crippen LogP contribution in [0.15, 0.2) is 46.2 Å². The smallest absolute Gasteiger partial charge is 0.322 e. The molecule has 1 aromatic carbocycles. The molecule has 0 spiro atoms. The summed E-state index contributed by atoms with van der Waals surface area (Å²) in [5.41, 5.74) is 1.02. The molecule has 6 nitrogen and oxygen atoms in total. The highest BCUT2D eigenvalue weighted by Gasteiger charge is 2.11. The number of amides is 1. The highest BCUT2D eigenvalue weighted by molar-refractivity contribution is 7.10. The average Bonchev–Trinajstić information content (AvgIpc) is 3.20. The van der Waals surface area contributed by atoms with E-state index in [1.165, 1.54) is 11.3 Å². The van der Waals surface area contributed by atoms with Gasteiger partial charge in [0, 0.05) is 4.88 Å². The summed E-state index contributed by atoms with van der Waals surface area (Å²) in [7, 11) is 1.62. The lowest BCUT2D eigenvalue weighted by atomic mass is 10.1. The predicted molar refractivity (Wildman–Crippen MR) is 86.8 cm³/mol. The summed E-state index contributed by atoms with van der Waals surface area (Å²) in [4.78, 5) is 12.9. The standard InChI is InChI=1S/C16H15N3O3S/c1-21-12-6-4-11(5-7-12)9-15-18-19-16(22-15)17-14(20)10-13-3-2-8-23-13/h2-8H,9-10H2,1H3,(H,17,19,20). The zero-order valence-electron chi connectivity index (χ0n) is 12.5. The number of thiophene rings is 1. The summed E-state index contributed by atoms with van der Waals surface area (Å²) >= 11 is 1.53. The van der Waals surface area contributed by atoms with Crippen molar-refractivity contribution >= 4 is 23.3 Å². The third kappa shape index (κ3) is 4.17. The molecule has 0 aliphatic carbocycles. The summed E-state index contributed by atoms with van der Waals surface area (Å²) in [5.74, 6) is 1.06. The minimum atomic E-state index is -0.174. The highest BCUT2D eigenvalue weighted by Crippen LogP contribution is 2.16. The minimum absolute atomic E-state index is 0.120. The van der Waals surface area contributed by atoms with Gasteiger partial charge in [0.05, 0.1) is 20.0 Å². The van der Waals surface area contributed by atoms with E-state index in [1.807, 2.05) is 41.8 Å². The number of carbonyl (C=O) groups is 1. The molecule has 0 aliphatic rings. The molecule has 0 fully saturated rings. The molecule has 0 saturated carbocycles. The van der Waals surface area contributed by atoms with Gasteiger partial charge in [-0.2, -0.15) is 0 Å². The number of aromatic nitrogens is 2. The molecule has 3 rings (SSSR count). The van der Waals surface area contributed by atoms with E-state index in [0.29, 0.717) is 18.7 Å². The SMILES string of the molecule is COc1ccc(Cc2nnc(NC(=O)Cc3cccs3)o2)cc1. The van der Waals surface area contributed by atoms with Gasteiger partial charge in [0.2, 0.25) is 11.8 Å². The second-order valence-corrected chi connectivity index (χ2v) is 5.86. The third-order valence-electron chi connectivity index (χ3n) is 3.14. The van der Waals surface area contributed by atoms with E-state index in [9.17, 15) is 4.79 Å². The number of nitrogens with zero attached hydrogens (tertiary/aromatic N) is 2. The Kier molecular flexibility index (Phi) is 4.68. The Morgan fingerprint density at radius 2 is 2.09 bits per heavy atom. The zero-order valence-corrected chi connectivity index (χ0v) is 13.3. The van der Waals surface area contributed by atoms with Gasteiger partial charge in [-0.3, -0.25) is 10.1 Å². The molecule has 1 amide bonds. The van der Waals surface area contributed by atoms with Crippen molar-refractivity contribution in [3.05, 3.63) is 58.1 Å². The van der Waals surface area contributed by atoms with Crippen LogP contribution in [0.4, 0.5) is 6.01 Å². The molecule has 118 valence electrons. The first kappa shape index (κ1) is 15.2. The average molecular weight is 329 g/mol. The number of carbonyl (C=O) groups excluding carboxylic acids is 1. The van der Waals surface area contributed by atoms with Crippen LogP contribution in [-0.4, -0.2) is 23.2 Å². The van der Waals surface area contributed by atoms with Gasteiger partial charge in [-0.1, -0.05) is 23.3 Å². The normalized spacial score (nSPS) is 10.5. The lowest BCUT2D eigenvalue weighted by Gasteiger charge is -2.01. The maximum Gasteiger partial charge on any atom is 0.322 e. The first-order valence-corrected chi connectivity index (χ1v) is 7.88. The molecular weight excluding hydrogens is 314 g/mol. The van der Waals surface area contributed by atoms with Gasteiger partial charge in [0.15, 0.2) is 0 Å². The number of ether oxygens (including phenoxy) is 1. The maximum atomic E-state index is 11.9. The van der Waals surface area contributed by atoms with Crippen LogP contribution in [0.1, 0.15) is 16.3 Å². The third-order valence-corrected chi connectivity index (χ3v) is 4.02. The molecular formula is C16H15N3O3S. The first-order chi connectivity index (χ1) is 11.2. The molecule has 0 aliphatic heterocycles. The van der Waals surface area contributed by atoms with Crippen molar-refractivity contribution in [2.75, 3.05) is 12.4 Å². The van der Waals surface area contributed by atoms with Gasteiger partial charge < -0.3 is 9.15 Å². The molecule has 2 aromatic heterocycles. The minimum Gasteiger partial charge on any atom is -0.497 e. The summed E-state index contributed by atoms with van der Waals surface area (Å²) < 4.78 is 10.6. The largest absolute Gasteiger partial charge is 0.497 e. The second-order valence-electron chi connectivity index (χ2n) is 4.83. The van der Waals surface area contributed by atoms with Crippen LogP contribution < -0.4 is 10.1 Å². The second kappa shape index (κ2) is 7.06. The Labute approximate surface area is 137 Å². The fourth-order valence-corrected chi connectivity index (χ4v) is 2.73. The van der Waals surface area contributed by atoms with Gasteiger partial charge in [0.25, 0.3) is 0 Å². The van der Waals surface area contributed by atoms with Crippen molar-refractivity contribution in [3.8, 4) is 5.75 Å². The van der Waals surface area contributed by atoms with E-state index in [2.05, 4.69) is 15.5 Å². The Morgan fingerprint density at radius 3 is 2.78 bits per heavy atom. The van der Waals surface area contributed by atoms with Crippen LogP contribution in [0, 0.1) is 0 Å². The van der Waals surface area contributed by atoms with Gasteiger partial charge in [-0.25, -0.2) is 0 Å². The molecule has 0 unspecified atom stereocenters. The Hall–Kier alpha value is -2.67. The number of anilines is 1. The van der Waals surface area contributed by atoms with Gasteiger partial charge in [0.1, 0.15) is 5.75 Å². The van der Waals surface area contributed by atoms with Crippen LogP contribution in [0.25, 0.3) is 0 Å². The molecule has 0 atom stereocenters. The fraction of sp³-hybridized carbons (Fsp3) is 0.188. The number of nitrogens with one attached hydrogen (secondary N) is 1. The van der Waals surface area contributed by atoms with Gasteiger partial charge in [-0.15, -0.1) is 16.4 Å².